The molecule has 1 saturated carbocycles. The molecular formula is C20H25N5. The summed E-state index contributed by atoms with van der Waals surface area (Å²) < 4.78 is 1.92. The fraction of sp³-hybridized carbons (Fsp3) is 0.400. The highest BCUT2D eigenvalue weighted by molar-refractivity contribution is 5.79. The molecule has 0 unspecified atom stereocenters. The minimum atomic E-state index is -0.156. The van der Waals surface area contributed by atoms with E-state index in [1.54, 1.807) is 6.20 Å². The highest BCUT2D eigenvalue weighted by Crippen LogP contribution is 2.45. The van der Waals surface area contributed by atoms with Crippen LogP contribution in [0.3, 0.4) is 0 Å². The van der Waals surface area contributed by atoms with E-state index in [0.717, 1.165) is 35.2 Å². The zero-order chi connectivity index (χ0) is 17.7. The molecule has 3 aromatic heterocycles. The Kier molecular flexibility index (Phi) is 3.58. The van der Waals surface area contributed by atoms with Gasteiger partial charge in [-0.2, -0.15) is 5.10 Å². The minimum Gasteiger partial charge on any atom is -0.380 e. The Morgan fingerprint density at radius 3 is 2.72 bits per heavy atom. The molecule has 0 spiro atoms. The van der Waals surface area contributed by atoms with Crippen LogP contribution in [0, 0.1) is 5.41 Å². The Morgan fingerprint density at radius 1 is 1.20 bits per heavy atom. The zero-order valence-corrected chi connectivity index (χ0v) is 15.0. The van der Waals surface area contributed by atoms with Gasteiger partial charge in [-0.25, -0.2) is 4.52 Å². The van der Waals surface area contributed by atoms with Crippen molar-refractivity contribution in [1.82, 2.24) is 14.6 Å². The topological polar surface area (TPSA) is 68.2 Å². The SMILES string of the molecule is CC1(C)[C@H](Nc2ccnn3cc(-c4cccnc4)cc23)CC[C@]1(C)N. The highest BCUT2D eigenvalue weighted by Gasteiger charge is 2.49. The lowest BCUT2D eigenvalue weighted by molar-refractivity contribution is 0.215. The van der Waals surface area contributed by atoms with E-state index in [4.69, 9.17) is 5.73 Å². The molecule has 3 N–H and O–H groups in total. The second-order valence-electron chi connectivity index (χ2n) is 7.92. The van der Waals surface area contributed by atoms with E-state index < -0.39 is 0 Å². The van der Waals surface area contributed by atoms with Crippen molar-refractivity contribution >= 4 is 11.2 Å². The summed E-state index contributed by atoms with van der Waals surface area (Å²) in [5.74, 6) is 0. The summed E-state index contributed by atoms with van der Waals surface area (Å²) >= 11 is 0. The Balaban J connectivity index is 1.70. The van der Waals surface area contributed by atoms with Crippen LogP contribution in [-0.2, 0) is 0 Å². The molecule has 5 heteroatoms. The molecule has 130 valence electrons. The molecule has 0 aromatic carbocycles. The van der Waals surface area contributed by atoms with Crippen LogP contribution in [0.4, 0.5) is 5.69 Å². The van der Waals surface area contributed by atoms with Gasteiger partial charge >= 0.3 is 0 Å². The molecule has 1 aliphatic carbocycles. The first-order chi connectivity index (χ1) is 11.9. The van der Waals surface area contributed by atoms with Gasteiger partial charge in [-0.15, -0.1) is 0 Å². The maximum Gasteiger partial charge on any atom is 0.0884 e. The molecule has 0 bridgehead atoms. The molecule has 2 atom stereocenters. The molecule has 5 nitrogen and oxygen atoms in total. The van der Waals surface area contributed by atoms with E-state index in [9.17, 15) is 0 Å². The smallest absolute Gasteiger partial charge is 0.0884 e. The van der Waals surface area contributed by atoms with Crippen molar-refractivity contribution in [2.24, 2.45) is 11.1 Å². The normalized spacial score (nSPS) is 25.4. The summed E-state index contributed by atoms with van der Waals surface area (Å²) in [5, 5.41) is 8.20. The van der Waals surface area contributed by atoms with Crippen molar-refractivity contribution in [2.45, 2.75) is 45.2 Å². The number of rotatable bonds is 3. The van der Waals surface area contributed by atoms with Gasteiger partial charge in [-0.3, -0.25) is 4.98 Å². The lowest BCUT2D eigenvalue weighted by Crippen LogP contribution is -2.51. The van der Waals surface area contributed by atoms with Crippen molar-refractivity contribution in [3.05, 3.63) is 49.1 Å². The van der Waals surface area contributed by atoms with Gasteiger partial charge in [0.1, 0.15) is 0 Å². The summed E-state index contributed by atoms with van der Waals surface area (Å²) in [4.78, 5) is 4.21. The molecule has 1 fully saturated rings. The number of hydrogen-bond donors (Lipinski definition) is 2. The second-order valence-corrected chi connectivity index (χ2v) is 7.92. The van der Waals surface area contributed by atoms with Gasteiger partial charge in [0.2, 0.25) is 0 Å². The van der Waals surface area contributed by atoms with E-state index >= 15 is 0 Å². The lowest BCUT2D eigenvalue weighted by Gasteiger charge is -2.39. The van der Waals surface area contributed by atoms with Crippen LogP contribution < -0.4 is 11.1 Å². The first-order valence-electron chi connectivity index (χ1n) is 8.82. The summed E-state index contributed by atoms with van der Waals surface area (Å²) in [6, 6.07) is 8.56. The summed E-state index contributed by atoms with van der Waals surface area (Å²) in [6.45, 7) is 6.68. The van der Waals surface area contributed by atoms with E-state index in [0.29, 0.717) is 6.04 Å². The Hall–Kier alpha value is -2.40. The fourth-order valence-corrected chi connectivity index (χ4v) is 3.79. The lowest BCUT2D eigenvalue weighted by atomic mass is 9.75. The van der Waals surface area contributed by atoms with Gasteiger partial charge in [0.25, 0.3) is 0 Å². The van der Waals surface area contributed by atoms with Crippen molar-refractivity contribution in [2.75, 3.05) is 5.32 Å². The average Bonchev–Trinajstić information content (AvgIpc) is 3.11. The molecule has 0 amide bonds. The predicted octanol–water partition coefficient (Wildman–Crippen LogP) is 3.71. The summed E-state index contributed by atoms with van der Waals surface area (Å²) in [6.07, 6.45) is 9.65. The second kappa shape index (κ2) is 5.56. The number of nitrogens with zero attached hydrogens (tertiary/aromatic N) is 3. The van der Waals surface area contributed by atoms with Crippen LogP contribution in [0.5, 0.6) is 0 Å². The molecule has 3 heterocycles. The maximum absolute atomic E-state index is 6.53. The molecule has 1 aliphatic rings. The number of fused-ring (bicyclic) bond motifs is 1. The Morgan fingerprint density at radius 2 is 2.04 bits per heavy atom. The third-order valence-corrected chi connectivity index (χ3v) is 6.13. The maximum atomic E-state index is 6.53. The van der Waals surface area contributed by atoms with Gasteiger partial charge in [-0.05, 0) is 38.0 Å². The molecular weight excluding hydrogens is 310 g/mol. The van der Waals surface area contributed by atoms with Crippen molar-refractivity contribution < 1.29 is 0 Å². The fourth-order valence-electron chi connectivity index (χ4n) is 3.79. The summed E-state index contributed by atoms with van der Waals surface area (Å²) in [5.41, 5.74) is 10.8. The van der Waals surface area contributed by atoms with E-state index in [2.05, 4.69) is 48.3 Å². The van der Waals surface area contributed by atoms with Gasteiger partial charge in [0, 0.05) is 52.9 Å². The summed E-state index contributed by atoms with van der Waals surface area (Å²) in [7, 11) is 0. The first kappa shape index (κ1) is 16.1. The van der Waals surface area contributed by atoms with Crippen LogP contribution in [-0.4, -0.2) is 26.2 Å². The average molecular weight is 335 g/mol. The van der Waals surface area contributed by atoms with E-state index in [-0.39, 0.29) is 11.0 Å². The third kappa shape index (κ3) is 2.59. The van der Waals surface area contributed by atoms with Gasteiger partial charge in [0.15, 0.2) is 0 Å². The number of aromatic nitrogens is 3. The van der Waals surface area contributed by atoms with Crippen molar-refractivity contribution in [1.29, 1.82) is 0 Å². The largest absolute Gasteiger partial charge is 0.380 e. The Labute approximate surface area is 148 Å². The molecule has 25 heavy (non-hydrogen) atoms. The number of anilines is 1. The van der Waals surface area contributed by atoms with Crippen LogP contribution >= 0.6 is 0 Å². The Bertz CT molecular complexity index is 895. The molecule has 0 aliphatic heterocycles. The van der Waals surface area contributed by atoms with Gasteiger partial charge in [-0.1, -0.05) is 19.9 Å². The van der Waals surface area contributed by atoms with E-state index in [1.807, 2.05) is 35.2 Å². The van der Waals surface area contributed by atoms with Crippen LogP contribution in [0.1, 0.15) is 33.6 Å². The number of nitrogens with one attached hydrogen (secondary N) is 1. The number of hydrogen-bond acceptors (Lipinski definition) is 4. The molecule has 3 aromatic rings. The first-order valence-corrected chi connectivity index (χ1v) is 8.82. The highest BCUT2D eigenvalue weighted by atomic mass is 15.2. The standard InChI is InChI=1S/C20H25N5/c1-19(2)18(6-8-20(19,3)21)24-16-7-10-23-25-13-15(11-17(16)25)14-5-4-9-22-12-14/h4-5,7,9-13,18,24H,6,8,21H2,1-3H3/t18-,20+/m1/s1. The van der Waals surface area contributed by atoms with Gasteiger partial charge in [0.05, 0.1) is 11.2 Å². The third-order valence-electron chi connectivity index (χ3n) is 6.13. The van der Waals surface area contributed by atoms with Crippen molar-refractivity contribution in [3.63, 3.8) is 0 Å². The molecule has 0 radical (unpaired) electrons. The predicted molar refractivity (Wildman–Crippen MR) is 101 cm³/mol. The zero-order valence-electron chi connectivity index (χ0n) is 15.0. The van der Waals surface area contributed by atoms with E-state index in [1.165, 1.54) is 0 Å². The quantitative estimate of drug-likeness (QED) is 0.765. The van der Waals surface area contributed by atoms with Crippen LogP contribution in [0.25, 0.3) is 16.6 Å². The van der Waals surface area contributed by atoms with Gasteiger partial charge < -0.3 is 11.1 Å². The minimum absolute atomic E-state index is 0.0199. The number of nitrogens with two attached hydrogens (primary N) is 1. The van der Waals surface area contributed by atoms with Crippen LogP contribution in [0.15, 0.2) is 49.1 Å². The van der Waals surface area contributed by atoms with Crippen molar-refractivity contribution in [3.8, 4) is 11.1 Å². The number of pyridine rings is 1. The monoisotopic (exact) mass is 335 g/mol. The molecule has 4 rings (SSSR count). The van der Waals surface area contributed by atoms with Crippen LogP contribution in [0.2, 0.25) is 0 Å². The molecule has 0 saturated heterocycles.